The highest BCUT2D eigenvalue weighted by Crippen LogP contribution is 2.42. The van der Waals surface area contributed by atoms with E-state index in [-0.39, 0.29) is 11.9 Å². The van der Waals surface area contributed by atoms with E-state index in [9.17, 15) is 4.39 Å². The second-order valence-corrected chi connectivity index (χ2v) is 6.31. The van der Waals surface area contributed by atoms with Crippen LogP contribution in [0.2, 0.25) is 0 Å². The SMILES string of the molecule is NCC(c1ccc(Br)c(F)c1)N1CC2CCC1C2. The van der Waals surface area contributed by atoms with Crippen molar-refractivity contribution in [3.05, 3.63) is 34.1 Å². The third-order valence-corrected chi connectivity index (χ3v) is 5.05. The molecule has 1 heterocycles. The molecule has 1 aliphatic carbocycles. The zero-order valence-corrected chi connectivity index (χ0v) is 11.9. The van der Waals surface area contributed by atoms with Gasteiger partial charge in [0.15, 0.2) is 0 Å². The molecule has 4 heteroatoms. The lowest BCUT2D eigenvalue weighted by Crippen LogP contribution is -2.39. The maximum Gasteiger partial charge on any atom is 0.137 e. The standard InChI is InChI=1S/C14H18BrFN2/c15-12-4-2-10(6-13(12)16)14(7-17)18-8-9-1-3-11(18)5-9/h2,4,6,9,11,14H,1,3,5,7-8,17H2. The van der Waals surface area contributed by atoms with E-state index in [2.05, 4.69) is 20.8 Å². The predicted octanol–water partition coefficient (Wildman–Crippen LogP) is 3.07. The number of benzene rings is 1. The van der Waals surface area contributed by atoms with E-state index in [0.29, 0.717) is 17.1 Å². The summed E-state index contributed by atoms with van der Waals surface area (Å²) in [5, 5.41) is 0. The summed E-state index contributed by atoms with van der Waals surface area (Å²) in [6.45, 7) is 1.69. The summed E-state index contributed by atoms with van der Waals surface area (Å²) in [6.07, 6.45) is 3.93. The largest absolute Gasteiger partial charge is 0.329 e. The Balaban J connectivity index is 1.85. The fourth-order valence-electron chi connectivity index (χ4n) is 3.53. The van der Waals surface area contributed by atoms with E-state index in [4.69, 9.17) is 5.73 Å². The van der Waals surface area contributed by atoms with E-state index in [1.807, 2.05) is 6.07 Å². The van der Waals surface area contributed by atoms with Crippen molar-refractivity contribution in [2.45, 2.75) is 31.3 Å². The first-order chi connectivity index (χ1) is 8.69. The minimum atomic E-state index is -0.199. The summed E-state index contributed by atoms with van der Waals surface area (Å²) >= 11 is 3.20. The molecule has 98 valence electrons. The summed E-state index contributed by atoms with van der Waals surface area (Å²) < 4.78 is 14.2. The maximum absolute atomic E-state index is 13.6. The average Bonchev–Trinajstić information content (AvgIpc) is 2.97. The summed E-state index contributed by atoms with van der Waals surface area (Å²) in [7, 11) is 0. The normalized spacial score (nSPS) is 28.8. The molecule has 2 nitrogen and oxygen atoms in total. The van der Waals surface area contributed by atoms with Crippen molar-refractivity contribution >= 4 is 15.9 Å². The van der Waals surface area contributed by atoms with Crippen molar-refractivity contribution in [3.63, 3.8) is 0 Å². The van der Waals surface area contributed by atoms with Gasteiger partial charge in [-0.3, -0.25) is 4.90 Å². The van der Waals surface area contributed by atoms with Crippen LogP contribution < -0.4 is 5.73 Å². The molecule has 2 fully saturated rings. The number of piperidine rings is 1. The smallest absolute Gasteiger partial charge is 0.137 e. The number of hydrogen-bond acceptors (Lipinski definition) is 2. The van der Waals surface area contributed by atoms with Crippen molar-refractivity contribution in [1.29, 1.82) is 0 Å². The van der Waals surface area contributed by atoms with Crippen LogP contribution >= 0.6 is 15.9 Å². The van der Waals surface area contributed by atoms with E-state index in [1.54, 1.807) is 12.1 Å². The van der Waals surface area contributed by atoms with Crippen LogP contribution in [0.4, 0.5) is 4.39 Å². The van der Waals surface area contributed by atoms with E-state index in [0.717, 1.165) is 18.0 Å². The fourth-order valence-corrected chi connectivity index (χ4v) is 3.77. The molecular formula is C14H18BrFN2. The predicted molar refractivity (Wildman–Crippen MR) is 73.7 cm³/mol. The molecular weight excluding hydrogens is 295 g/mol. The van der Waals surface area contributed by atoms with Crippen molar-refractivity contribution in [3.8, 4) is 0 Å². The Morgan fingerprint density at radius 2 is 2.28 bits per heavy atom. The van der Waals surface area contributed by atoms with E-state index in [1.165, 1.54) is 19.3 Å². The van der Waals surface area contributed by atoms with Gasteiger partial charge >= 0.3 is 0 Å². The van der Waals surface area contributed by atoms with Gasteiger partial charge in [-0.05, 0) is 58.8 Å². The Morgan fingerprint density at radius 3 is 2.83 bits per heavy atom. The number of likely N-dealkylation sites (tertiary alicyclic amines) is 1. The number of nitrogens with two attached hydrogens (primary N) is 1. The number of halogens is 2. The van der Waals surface area contributed by atoms with Gasteiger partial charge in [0, 0.05) is 25.2 Å². The van der Waals surface area contributed by atoms with Gasteiger partial charge in [-0.1, -0.05) is 6.07 Å². The Morgan fingerprint density at radius 1 is 1.44 bits per heavy atom. The Kier molecular flexibility index (Phi) is 3.43. The van der Waals surface area contributed by atoms with Gasteiger partial charge in [0.25, 0.3) is 0 Å². The lowest BCUT2D eigenvalue weighted by atomic mass is 10.0. The van der Waals surface area contributed by atoms with Gasteiger partial charge in [0.2, 0.25) is 0 Å². The van der Waals surface area contributed by atoms with Crippen molar-refractivity contribution in [2.24, 2.45) is 11.7 Å². The average molecular weight is 313 g/mol. The van der Waals surface area contributed by atoms with Gasteiger partial charge in [0.1, 0.15) is 5.82 Å². The van der Waals surface area contributed by atoms with Crippen LogP contribution in [0, 0.1) is 11.7 Å². The van der Waals surface area contributed by atoms with Crippen molar-refractivity contribution < 1.29 is 4.39 Å². The third-order valence-electron chi connectivity index (χ3n) is 4.40. The van der Waals surface area contributed by atoms with Crippen LogP contribution in [-0.4, -0.2) is 24.0 Å². The number of rotatable bonds is 3. The van der Waals surface area contributed by atoms with E-state index < -0.39 is 0 Å². The molecule has 2 bridgehead atoms. The molecule has 0 radical (unpaired) electrons. The topological polar surface area (TPSA) is 29.3 Å². The van der Waals surface area contributed by atoms with Gasteiger partial charge in [-0.15, -0.1) is 0 Å². The molecule has 0 aromatic heterocycles. The summed E-state index contributed by atoms with van der Waals surface area (Å²) in [6, 6.07) is 6.21. The molecule has 3 rings (SSSR count). The minimum Gasteiger partial charge on any atom is -0.329 e. The van der Waals surface area contributed by atoms with Crippen LogP contribution in [0.1, 0.15) is 30.9 Å². The molecule has 0 amide bonds. The first-order valence-electron chi connectivity index (χ1n) is 6.60. The van der Waals surface area contributed by atoms with Crippen LogP contribution in [0.3, 0.4) is 0 Å². The summed E-state index contributed by atoms with van der Waals surface area (Å²) in [4.78, 5) is 2.48. The molecule has 1 aromatic carbocycles. The first kappa shape index (κ1) is 12.6. The second kappa shape index (κ2) is 4.91. The number of fused-ring (bicyclic) bond motifs is 2. The molecule has 1 aromatic rings. The van der Waals surface area contributed by atoms with Gasteiger partial charge in [0.05, 0.1) is 4.47 Å². The molecule has 0 spiro atoms. The van der Waals surface area contributed by atoms with Crippen LogP contribution in [0.5, 0.6) is 0 Å². The summed E-state index contributed by atoms with van der Waals surface area (Å²) in [5.41, 5.74) is 6.93. The first-order valence-corrected chi connectivity index (χ1v) is 7.39. The fraction of sp³-hybridized carbons (Fsp3) is 0.571. The van der Waals surface area contributed by atoms with Crippen LogP contribution in [-0.2, 0) is 0 Å². The van der Waals surface area contributed by atoms with E-state index >= 15 is 0 Å². The number of nitrogens with zero attached hydrogens (tertiary/aromatic N) is 1. The van der Waals surface area contributed by atoms with Crippen molar-refractivity contribution in [2.75, 3.05) is 13.1 Å². The highest BCUT2D eigenvalue weighted by Gasteiger charge is 2.40. The molecule has 1 saturated heterocycles. The molecule has 1 aliphatic heterocycles. The van der Waals surface area contributed by atoms with Crippen molar-refractivity contribution in [1.82, 2.24) is 4.90 Å². The zero-order valence-electron chi connectivity index (χ0n) is 10.3. The Hall–Kier alpha value is -0.450. The molecule has 2 N–H and O–H groups in total. The molecule has 3 atom stereocenters. The third kappa shape index (κ3) is 2.10. The van der Waals surface area contributed by atoms with Gasteiger partial charge in [-0.2, -0.15) is 0 Å². The Labute approximate surface area is 115 Å². The second-order valence-electron chi connectivity index (χ2n) is 5.45. The maximum atomic E-state index is 13.6. The van der Waals surface area contributed by atoms with Gasteiger partial charge in [-0.25, -0.2) is 4.39 Å². The van der Waals surface area contributed by atoms with Crippen LogP contribution in [0.25, 0.3) is 0 Å². The van der Waals surface area contributed by atoms with Gasteiger partial charge < -0.3 is 5.73 Å². The summed E-state index contributed by atoms with van der Waals surface area (Å²) in [5.74, 6) is 0.639. The lowest BCUT2D eigenvalue weighted by molar-refractivity contribution is 0.153. The number of hydrogen-bond donors (Lipinski definition) is 1. The minimum absolute atomic E-state index is 0.169. The molecule has 2 aliphatic rings. The highest BCUT2D eigenvalue weighted by molar-refractivity contribution is 9.10. The molecule has 3 unspecified atom stereocenters. The lowest BCUT2D eigenvalue weighted by Gasteiger charge is -2.34. The molecule has 18 heavy (non-hydrogen) atoms. The quantitative estimate of drug-likeness (QED) is 0.929. The Bertz CT molecular complexity index is 451. The van der Waals surface area contributed by atoms with Crippen LogP contribution in [0.15, 0.2) is 22.7 Å². The monoisotopic (exact) mass is 312 g/mol. The highest BCUT2D eigenvalue weighted by atomic mass is 79.9. The zero-order chi connectivity index (χ0) is 12.7. The molecule has 1 saturated carbocycles.